The number of aryl methyl sites for hydroxylation is 2. The van der Waals surface area contributed by atoms with Crippen LogP contribution < -0.4 is 5.32 Å². The summed E-state index contributed by atoms with van der Waals surface area (Å²) in [6.07, 6.45) is 0. The third-order valence-electron chi connectivity index (χ3n) is 2.64. The van der Waals surface area contributed by atoms with Crippen molar-refractivity contribution in [3.63, 3.8) is 0 Å². The first-order valence-electron chi connectivity index (χ1n) is 6.03. The quantitative estimate of drug-likeness (QED) is 0.883. The van der Waals surface area contributed by atoms with E-state index in [-0.39, 0.29) is 5.91 Å². The van der Waals surface area contributed by atoms with Crippen molar-refractivity contribution in [2.75, 3.05) is 19.4 Å². The van der Waals surface area contributed by atoms with Gasteiger partial charge in [0.1, 0.15) is 11.5 Å². The summed E-state index contributed by atoms with van der Waals surface area (Å²) >= 11 is 0. The maximum absolute atomic E-state index is 12.0. The Kier molecular flexibility index (Phi) is 3.71. The number of amides is 1. The van der Waals surface area contributed by atoms with Gasteiger partial charge in [-0.05, 0) is 34.0 Å². The van der Waals surface area contributed by atoms with Gasteiger partial charge in [0.15, 0.2) is 5.82 Å². The van der Waals surface area contributed by atoms with E-state index in [9.17, 15) is 4.79 Å². The standard InChI is InChI=1S/C13H18N4O2/c1-8-5-11(9(2)19-8)13(18)14-12-6-10(15-16-12)7-17(3)4/h5-6H,7H2,1-4H3,(H2,14,15,16,18). The van der Waals surface area contributed by atoms with Crippen molar-refractivity contribution in [2.24, 2.45) is 0 Å². The molecule has 1 amide bonds. The van der Waals surface area contributed by atoms with Crippen molar-refractivity contribution in [1.29, 1.82) is 0 Å². The molecule has 0 fully saturated rings. The number of hydrogen-bond donors (Lipinski definition) is 2. The largest absolute Gasteiger partial charge is 0.466 e. The number of H-pyrrole nitrogens is 1. The molecule has 2 heterocycles. The van der Waals surface area contributed by atoms with E-state index in [4.69, 9.17) is 4.42 Å². The lowest BCUT2D eigenvalue weighted by atomic mass is 10.2. The Morgan fingerprint density at radius 1 is 1.42 bits per heavy atom. The van der Waals surface area contributed by atoms with Gasteiger partial charge in [-0.25, -0.2) is 0 Å². The molecular weight excluding hydrogens is 244 g/mol. The number of furan rings is 1. The lowest BCUT2D eigenvalue weighted by Gasteiger charge is -2.05. The van der Waals surface area contributed by atoms with Gasteiger partial charge >= 0.3 is 0 Å². The number of carbonyl (C=O) groups excluding carboxylic acids is 1. The molecule has 0 spiro atoms. The summed E-state index contributed by atoms with van der Waals surface area (Å²) in [5.41, 5.74) is 1.48. The van der Waals surface area contributed by atoms with Gasteiger partial charge < -0.3 is 14.6 Å². The zero-order valence-corrected chi connectivity index (χ0v) is 11.6. The smallest absolute Gasteiger partial charge is 0.260 e. The van der Waals surface area contributed by atoms with Crippen molar-refractivity contribution in [1.82, 2.24) is 15.1 Å². The van der Waals surface area contributed by atoms with E-state index >= 15 is 0 Å². The second kappa shape index (κ2) is 5.27. The lowest BCUT2D eigenvalue weighted by molar-refractivity contribution is 0.102. The molecule has 2 aromatic rings. The highest BCUT2D eigenvalue weighted by Gasteiger charge is 2.14. The molecule has 6 nitrogen and oxygen atoms in total. The lowest BCUT2D eigenvalue weighted by Crippen LogP contribution is -2.12. The van der Waals surface area contributed by atoms with Crippen LogP contribution in [0.4, 0.5) is 5.82 Å². The Bertz CT molecular complexity index is 583. The molecule has 2 N–H and O–H groups in total. The summed E-state index contributed by atoms with van der Waals surface area (Å²) in [5, 5.41) is 9.69. The fraction of sp³-hybridized carbons (Fsp3) is 0.385. The Morgan fingerprint density at radius 3 is 2.74 bits per heavy atom. The average Bonchev–Trinajstić information content (AvgIpc) is 2.84. The zero-order valence-electron chi connectivity index (χ0n) is 11.6. The third-order valence-corrected chi connectivity index (χ3v) is 2.64. The number of anilines is 1. The van der Waals surface area contributed by atoms with Crippen LogP contribution >= 0.6 is 0 Å². The second-order valence-electron chi connectivity index (χ2n) is 4.80. The SMILES string of the molecule is Cc1cc(C(=O)Nc2cc(CN(C)C)[nH]n2)c(C)o1. The molecule has 6 heteroatoms. The molecule has 2 aromatic heterocycles. The molecule has 0 saturated heterocycles. The van der Waals surface area contributed by atoms with Crippen LogP contribution in [0.3, 0.4) is 0 Å². The van der Waals surface area contributed by atoms with Gasteiger partial charge in [-0.3, -0.25) is 9.89 Å². The fourth-order valence-corrected chi connectivity index (χ4v) is 1.89. The summed E-state index contributed by atoms with van der Waals surface area (Å²) in [7, 11) is 3.94. The summed E-state index contributed by atoms with van der Waals surface area (Å²) < 4.78 is 5.34. The molecule has 0 aliphatic carbocycles. The zero-order chi connectivity index (χ0) is 14.0. The normalized spacial score (nSPS) is 11.0. The first-order chi connectivity index (χ1) is 8.95. The van der Waals surface area contributed by atoms with E-state index < -0.39 is 0 Å². The fourth-order valence-electron chi connectivity index (χ4n) is 1.89. The summed E-state index contributed by atoms with van der Waals surface area (Å²) in [5.74, 6) is 1.63. The molecule has 0 atom stereocenters. The summed E-state index contributed by atoms with van der Waals surface area (Å²) in [6, 6.07) is 3.54. The highest BCUT2D eigenvalue weighted by Crippen LogP contribution is 2.15. The number of aromatic nitrogens is 2. The Labute approximate surface area is 111 Å². The topological polar surface area (TPSA) is 74.2 Å². The molecule has 0 saturated carbocycles. The van der Waals surface area contributed by atoms with E-state index in [1.807, 2.05) is 32.0 Å². The number of nitrogens with zero attached hydrogens (tertiary/aromatic N) is 2. The predicted octanol–water partition coefficient (Wildman–Crippen LogP) is 1.93. The van der Waals surface area contributed by atoms with Crippen LogP contribution in [0.25, 0.3) is 0 Å². The van der Waals surface area contributed by atoms with Crippen molar-refractivity contribution >= 4 is 11.7 Å². The van der Waals surface area contributed by atoms with Crippen LogP contribution in [-0.4, -0.2) is 35.1 Å². The van der Waals surface area contributed by atoms with Gasteiger partial charge in [0, 0.05) is 12.6 Å². The van der Waals surface area contributed by atoms with Gasteiger partial charge in [0.05, 0.1) is 11.3 Å². The third kappa shape index (κ3) is 3.23. The molecule has 102 valence electrons. The summed E-state index contributed by atoms with van der Waals surface area (Å²) in [4.78, 5) is 14.1. The first-order valence-corrected chi connectivity index (χ1v) is 6.03. The molecule has 0 unspecified atom stereocenters. The van der Waals surface area contributed by atoms with Crippen LogP contribution in [0, 0.1) is 13.8 Å². The van der Waals surface area contributed by atoms with E-state index in [0.717, 1.165) is 18.0 Å². The van der Waals surface area contributed by atoms with Crippen LogP contribution in [0.1, 0.15) is 27.6 Å². The Balaban J connectivity index is 2.07. The van der Waals surface area contributed by atoms with Crippen molar-refractivity contribution in [2.45, 2.75) is 20.4 Å². The highest BCUT2D eigenvalue weighted by atomic mass is 16.3. The van der Waals surface area contributed by atoms with Crippen molar-refractivity contribution < 1.29 is 9.21 Å². The molecule has 0 aromatic carbocycles. The molecular formula is C13H18N4O2. The molecule has 19 heavy (non-hydrogen) atoms. The van der Waals surface area contributed by atoms with Crippen molar-refractivity contribution in [3.8, 4) is 0 Å². The Morgan fingerprint density at radius 2 is 2.16 bits per heavy atom. The van der Waals surface area contributed by atoms with Crippen LogP contribution in [0.15, 0.2) is 16.5 Å². The van der Waals surface area contributed by atoms with Gasteiger partial charge in [0.25, 0.3) is 5.91 Å². The number of rotatable bonds is 4. The maximum Gasteiger partial charge on any atom is 0.260 e. The van der Waals surface area contributed by atoms with Crippen LogP contribution in [-0.2, 0) is 6.54 Å². The average molecular weight is 262 g/mol. The number of hydrogen-bond acceptors (Lipinski definition) is 4. The Hall–Kier alpha value is -2.08. The number of aromatic amines is 1. The monoisotopic (exact) mass is 262 g/mol. The minimum Gasteiger partial charge on any atom is -0.466 e. The maximum atomic E-state index is 12.0. The minimum atomic E-state index is -0.211. The number of carbonyl (C=O) groups is 1. The molecule has 0 aliphatic heterocycles. The van der Waals surface area contributed by atoms with E-state index in [1.165, 1.54) is 0 Å². The second-order valence-corrected chi connectivity index (χ2v) is 4.80. The minimum absolute atomic E-state index is 0.211. The van der Waals surface area contributed by atoms with Crippen molar-refractivity contribution in [3.05, 3.63) is 34.9 Å². The molecule has 2 rings (SSSR count). The molecule has 0 aliphatic rings. The number of nitrogens with one attached hydrogen (secondary N) is 2. The van der Waals surface area contributed by atoms with E-state index in [1.54, 1.807) is 13.0 Å². The van der Waals surface area contributed by atoms with Crippen LogP contribution in [0.5, 0.6) is 0 Å². The summed E-state index contributed by atoms with van der Waals surface area (Å²) in [6.45, 7) is 4.32. The van der Waals surface area contributed by atoms with E-state index in [0.29, 0.717) is 17.1 Å². The van der Waals surface area contributed by atoms with Crippen LogP contribution in [0.2, 0.25) is 0 Å². The molecule has 0 bridgehead atoms. The highest BCUT2D eigenvalue weighted by molar-refractivity contribution is 6.04. The van der Waals surface area contributed by atoms with Gasteiger partial charge in [-0.15, -0.1) is 0 Å². The molecule has 0 radical (unpaired) electrons. The van der Waals surface area contributed by atoms with Gasteiger partial charge in [-0.2, -0.15) is 5.10 Å². The van der Waals surface area contributed by atoms with Gasteiger partial charge in [0.2, 0.25) is 0 Å². The van der Waals surface area contributed by atoms with E-state index in [2.05, 4.69) is 15.5 Å². The van der Waals surface area contributed by atoms with Gasteiger partial charge in [-0.1, -0.05) is 0 Å². The first kappa shape index (κ1) is 13.4. The predicted molar refractivity (Wildman–Crippen MR) is 72.1 cm³/mol.